The van der Waals surface area contributed by atoms with Crippen molar-refractivity contribution >= 4 is 75.1 Å². The predicted octanol–water partition coefficient (Wildman–Crippen LogP) is 11.8. The summed E-state index contributed by atoms with van der Waals surface area (Å²) in [6.07, 6.45) is 0. The van der Waals surface area contributed by atoms with Crippen LogP contribution in [0.2, 0.25) is 0 Å². The number of para-hydroxylation sites is 2. The van der Waals surface area contributed by atoms with Gasteiger partial charge in [-0.25, -0.2) is 4.98 Å². The first kappa shape index (κ1) is 28.2. The topological polar surface area (TPSA) is 48.5 Å². The number of nitrogens with zero attached hydrogens (tertiary/aromatic N) is 5. The molecule has 0 N–H and O–H groups in total. The molecule has 0 radical (unpaired) electrons. The molecule has 0 bridgehead atoms. The molecule has 11 rings (SSSR count). The Balaban J connectivity index is 1.27. The molecule has 0 spiro atoms. The third kappa shape index (κ3) is 4.30. The molecule has 0 aliphatic rings. The largest absolute Gasteiger partial charge is 0.309 e. The van der Waals surface area contributed by atoms with Crippen LogP contribution in [0.3, 0.4) is 0 Å². The molecule has 0 unspecified atom stereocenters. The fourth-order valence-electron chi connectivity index (χ4n) is 7.68. The first-order chi connectivity index (χ1) is 25.3. The molecule has 6 heteroatoms. The minimum atomic E-state index is 0.586. The Kier molecular flexibility index (Phi) is 6.05. The van der Waals surface area contributed by atoms with E-state index in [0.29, 0.717) is 17.6 Å². The summed E-state index contributed by atoms with van der Waals surface area (Å²) < 4.78 is 7.13. The summed E-state index contributed by atoms with van der Waals surface area (Å²) >= 11 is 1.82. The number of hydrogen-bond acceptors (Lipinski definition) is 4. The Morgan fingerprint density at radius 3 is 1.57 bits per heavy atom. The van der Waals surface area contributed by atoms with Gasteiger partial charge in [-0.05, 0) is 42.5 Å². The van der Waals surface area contributed by atoms with Gasteiger partial charge in [0.2, 0.25) is 5.95 Å². The number of fused-ring (bicyclic) bond motifs is 9. The maximum atomic E-state index is 5.22. The van der Waals surface area contributed by atoms with Gasteiger partial charge in [-0.1, -0.05) is 121 Å². The lowest BCUT2D eigenvalue weighted by molar-refractivity contribution is 0.953. The molecule has 0 aliphatic heterocycles. The zero-order valence-corrected chi connectivity index (χ0v) is 28.0. The van der Waals surface area contributed by atoms with E-state index in [9.17, 15) is 0 Å². The highest BCUT2D eigenvalue weighted by atomic mass is 32.1. The van der Waals surface area contributed by atoms with Crippen molar-refractivity contribution in [1.29, 1.82) is 0 Å². The van der Waals surface area contributed by atoms with Crippen LogP contribution >= 0.6 is 11.3 Å². The average molecular weight is 670 g/mol. The van der Waals surface area contributed by atoms with Crippen LogP contribution in [0.15, 0.2) is 164 Å². The van der Waals surface area contributed by atoms with Crippen LogP contribution in [0.4, 0.5) is 0 Å². The van der Waals surface area contributed by atoms with Crippen LogP contribution in [0.1, 0.15) is 0 Å². The van der Waals surface area contributed by atoms with Gasteiger partial charge in [0, 0.05) is 58.5 Å². The summed E-state index contributed by atoms with van der Waals surface area (Å²) in [6, 6.07) is 57.8. The van der Waals surface area contributed by atoms with Crippen LogP contribution in [-0.4, -0.2) is 24.1 Å². The van der Waals surface area contributed by atoms with Crippen LogP contribution in [0, 0.1) is 0 Å². The van der Waals surface area contributed by atoms with Gasteiger partial charge in [-0.2, -0.15) is 9.97 Å². The standard InChI is InChI=1S/C45H27N5S/c1-3-13-28(14-4-1)43-46-44(29-15-5-2-6-16-29)48-45(47-43)50-39-25-30(49-37-20-10-7-17-31(37)32-18-8-11-21-38(32)49)23-24-33(39)35-26-36-34-19-9-12-22-41(34)51-42(36)27-40(35)50/h1-27H. The van der Waals surface area contributed by atoms with Crippen molar-refractivity contribution in [1.82, 2.24) is 24.1 Å². The Morgan fingerprint density at radius 1 is 0.353 bits per heavy atom. The molecule has 4 aromatic heterocycles. The van der Waals surface area contributed by atoms with Crippen molar-refractivity contribution < 1.29 is 0 Å². The van der Waals surface area contributed by atoms with Crippen LogP contribution in [0.5, 0.6) is 0 Å². The Bertz CT molecular complexity index is 3030. The first-order valence-electron chi connectivity index (χ1n) is 17.0. The number of hydrogen-bond donors (Lipinski definition) is 0. The monoisotopic (exact) mass is 669 g/mol. The molecule has 0 atom stereocenters. The van der Waals surface area contributed by atoms with E-state index >= 15 is 0 Å². The first-order valence-corrected chi connectivity index (χ1v) is 17.9. The summed E-state index contributed by atoms with van der Waals surface area (Å²) in [5.74, 6) is 1.86. The molecule has 7 aromatic carbocycles. The molecule has 0 aliphatic carbocycles. The van der Waals surface area contributed by atoms with Crippen molar-refractivity contribution in [3.05, 3.63) is 164 Å². The number of thiophene rings is 1. The van der Waals surface area contributed by atoms with Gasteiger partial charge >= 0.3 is 0 Å². The highest BCUT2D eigenvalue weighted by Crippen LogP contribution is 2.42. The summed E-state index contributed by atoms with van der Waals surface area (Å²) in [5, 5.41) is 7.32. The fraction of sp³-hybridized carbons (Fsp3) is 0. The van der Waals surface area contributed by atoms with Gasteiger partial charge < -0.3 is 4.57 Å². The van der Waals surface area contributed by atoms with E-state index in [1.165, 1.54) is 42.0 Å². The number of rotatable bonds is 4. The maximum absolute atomic E-state index is 5.22. The highest BCUT2D eigenvalue weighted by Gasteiger charge is 2.21. The van der Waals surface area contributed by atoms with Gasteiger partial charge in [0.05, 0.1) is 22.1 Å². The fourth-order valence-corrected chi connectivity index (χ4v) is 8.80. The lowest BCUT2D eigenvalue weighted by atomic mass is 10.1. The third-order valence-corrected chi connectivity index (χ3v) is 11.1. The molecule has 238 valence electrons. The second-order valence-corrected chi connectivity index (χ2v) is 14.0. The summed E-state index contributed by atoms with van der Waals surface area (Å²) in [7, 11) is 0. The highest BCUT2D eigenvalue weighted by molar-refractivity contribution is 7.25. The molecular weight excluding hydrogens is 643 g/mol. The van der Waals surface area contributed by atoms with E-state index < -0.39 is 0 Å². The Hall–Kier alpha value is -6.63. The van der Waals surface area contributed by atoms with Crippen molar-refractivity contribution in [3.63, 3.8) is 0 Å². The van der Waals surface area contributed by atoms with E-state index in [1.54, 1.807) is 0 Å². The summed E-state index contributed by atoms with van der Waals surface area (Å²) in [6.45, 7) is 0. The predicted molar refractivity (Wildman–Crippen MR) is 212 cm³/mol. The smallest absolute Gasteiger partial charge is 0.238 e. The Morgan fingerprint density at radius 2 is 0.902 bits per heavy atom. The second-order valence-electron chi connectivity index (χ2n) is 12.9. The summed E-state index contributed by atoms with van der Waals surface area (Å²) in [4.78, 5) is 15.5. The second kappa shape index (κ2) is 10.9. The zero-order chi connectivity index (χ0) is 33.5. The number of benzene rings is 7. The number of aromatic nitrogens is 5. The normalized spacial score (nSPS) is 11.9. The van der Waals surface area contributed by atoms with E-state index in [1.807, 2.05) is 47.7 Å². The van der Waals surface area contributed by atoms with E-state index in [0.717, 1.165) is 38.6 Å². The minimum absolute atomic E-state index is 0.586. The SMILES string of the molecule is c1ccc(-c2nc(-c3ccccc3)nc(-n3c4cc(-n5c6ccccc6c6ccccc65)ccc4c4cc5c(cc43)sc3ccccc35)n2)cc1. The van der Waals surface area contributed by atoms with E-state index in [-0.39, 0.29) is 0 Å². The molecule has 0 saturated heterocycles. The molecule has 11 aromatic rings. The molecule has 0 amide bonds. The van der Waals surface area contributed by atoms with Crippen LogP contribution in [-0.2, 0) is 0 Å². The van der Waals surface area contributed by atoms with Gasteiger partial charge in [-0.15, -0.1) is 11.3 Å². The maximum Gasteiger partial charge on any atom is 0.238 e. The molecular formula is C45H27N5S. The van der Waals surface area contributed by atoms with Gasteiger partial charge in [0.1, 0.15) is 0 Å². The van der Waals surface area contributed by atoms with E-state index in [4.69, 9.17) is 15.0 Å². The zero-order valence-electron chi connectivity index (χ0n) is 27.2. The lowest BCUT2D eigenvalue weighted by Crippen LogP contribution is -2.06. The molecule has 4 heterocycles. The van der Waals surface area contributed by atoms with Gasteiger partial charge in [0.25, 0.3) is 0 Å². The molecule has 5 nitrogen and oxygen atoms in total. The third-order valence-electron chi connectivity index (χ3n) is 9.97. The van der Waals surface area contributed by atoms with Crippen LogP contribution < -0.4 is 0 Å². The lowest BCUT2D eigenvalue weighted by Gasteiger charge is -2.12. The summed E-state index contributed by atoms with van der Waals surface area (Å²) in [5.41, 5.74) is 7.41. The molecule has 51 heavy (non-hydrogen) atoms. The van der Waals surface area contributed by atoms with Crippen molar-refractivity contribution in [2.24, 2.45) is 0 Å². The quantitative estimate of drug-likeness (QED) is 0.187. The average Bonchev–Trinajstić information content (AvgIpc) is 3.84. The molecule has 0 saturated carbocycles. The van der Waals surface area contributed by atoms with Crippen molar-refractivity contribution in [3.8, 4) is 34.4 Å². The van der Waals surface area contributed by atoms with Crippen molar-refractivity contribution in [2.45, 2.75) is 0 Å². The Labute approximate surface area is 296 Å². The van der Waals surface area contributed by atoms with Gasteiger partial charge in [0.15, 0.2) is 11.6 Å². The molecule has 0 fully saturated rings. The van der Waals surface area contributed by atoms with Gasteiger partial charge in [-0.3, -0.25) is 4.57 Å². The van der Waals surface area contributed by atoms with Crippen molar-refractivity contribution in [2.75, 3.05) is 0 Å². The van der Waals surface area contributed by atoms with E-state index in [2.05, 4.69) is 137 Å². The van der Waals surface area contributed by atoms with Crippen LogP contribution in [0.25, 0.3) is 98.2 Å². The minimum Gasteiger partial charge on any atom is -0.309 e.